The van der Waals surface area contributed by atoms with Crippen molar-refractivity contribution in [2.45, 2.75) is 44.4 Å². The smallest absolute Gasteiger partial charge is 0.416 e. The van der Waals surface area contributed by atoms with E-state index in [2.05, 4.69) is 15.9 Å². The Balaban J connectivity index is 1.81. The van der Waals surface area contributed by atoms with Gasteiger partial charge in [-0.3, -0.25) is 0 Å². The zero-order valence-electron chi connectivity index (χ0n) is 13.6. The highest BCUT2D eigenvalue weighted by Gasteiger charge is 2.36. The van der Waals surface area contributed by atoms with Crippen LogP contribution >= 0.6 is 15.9 Å². The van der Waals surface area contributed by atoms with Crippen LogP contribution in [-0.2, 0) is 12.8 Å². The number of ether oxygens (including phenoxy) is 1. The van der Waals surface area contributed by atoms with Gasteiger partial charge in [0, 0.05) is 10.2 Å². The van der Waals surface area contributed by atoms with Crippen LogP contribution in [0.15, 0.2) is 40.9 Å². The van der Waals surface area contributed by atoms with Gasteiger partial charge in [0.15, 0.2) is 0 Å². The molecule has 6 heteroatoms. The van der Waals surface area contributed by atoms with Crippen LogP contribution < -0.4 is 10.5 Å². The number of benzene rings is 2. The van der Waals surface area contributed by atoms with E-state index < -0.39 is 11.7 Å². The van der Waals surface area contributed by atoms with Gasteiger partial charge in [0.2, 0.25) is 0 Å². The topological polar surface area (TPSA) is 35.2 Å². The maximum absolute atomic E-state index is 13.5. The molecule has 0 unspecified atom stereocenters. The number of nitrogen functional groups attached to an aromatic ring is 1. The van der Waals surface area contributed by atoms with E-state index in [1.54, 1.807) is 30.3 Å². The molecule has 1 saturated carbocycles. The summed E-state index contributed by atoms with van der Waals surface area (Å²) < 4.78 is 46.7. The van der Waals surface area contributed by atoms with Gasteiger partial charge < -0.3 is 10.5 Å². The average Bonchev–Trinajstić information content (AvgIpc) is 3.09. The normalized spacial score (nSPS) is 15.5. The lowest BCUT2D eigenvalue weighted by atomic mass is 9.91. The first-order valence-corrected chi connectivity index (χ1v) is 9.02. The molecule has 2 aromatic rings. The second-order valence-corrected chi connectivity index (χ2v) is 7.23. The van der Waals surface area contributed by atoms with Gasteiger partial charge in [-0.05, 0) is 70.1 Å². The Morgan fingerprint density at radius 2 is 1.80 bits per heavy atom. The standard InChI is InChI=1S/C19H19BrF3NO/c20-17-10-14(6-8-18(17)24)25-11-12-5-7-15(13-3-1-2-4-13)16(9-12)19(21,22)23/h5-10,13H,1-4,11,24H2. The van der Waals surface area contributed by atoms with Crippen molar-refractivity contribution >= 4 is 21.6 Å². The Labute approximate surface area is 153 Å². The van der Waals surface area contributed by atoms with Gasteiger partial charge in [-0.15, -0.1) is 0 Å². The second-order valence-electron chi connectivity index (χ2n) is 6.37. The lowest BCUT2D eigenvalue weighted by Gasteiger charge is -2.19. The third-order valence-electron chi connectivity index (χ3n) is 4.60. The number of alkyl halides is 3. The van der Waals surface area contributed by atoms with Crippen LogP contribution in [0.2, 0.25) is 0 Å². The maximum atomic E-state index is 13.5. The lowest BCUT2D eigenvalue weighted by molar-refractivity contribution is -0.138. The Bertz CT molecular complexity index is 755. The summed E-state index contributed by atoms with van der Waals surface area (Å²) in [4.78, 5) is 0. The van der Waals surface area contributed by atoms with E-state index in [0.717, 1.165) is 25.7 Å². The molecular weight excluding hydrogens is 395 g/mol. The predicted octanol–water partition coefficient (Wildman–Crippen LogP) is 6.29. The molecule has 25 heavy (non-hydrogen) atoms. The van der Waals surface area contributed by atoms with Gasteiger partial charge in [-0.1, -0.05) is 25.0 Å². The minimum Gasteiger partial charge on any atom is -0.489 e. The largest absolute Gasteiger partial charge is 0.489 e. The third kappa shape index (κ3) is 4.29. The number of hydrogen-bond acceptors (Lipinski definition) is 2. The molecule has 2 nitrogen and oxygen atoms in total. The fraction of sp³-hybridized carbons (Fsp3) is 0.368. The zero-order valence-corrected chi connectivity index (χ0v) is 15.2. The van der Waals surface area contributed by atoms with Crippen LogP contribution in [0.4, 0.5) is 18.9 Å². The molecule has 0 spiro atoms. The number of hydrogen-bond donors (Lipinski definition) is 1. The van der Waals surface area contributed by atoms with E-state index in [9.17, 15) is 13.2 Å². The average molecular weight is 414 g/mol. The fourth-order valence-corrected chi connectivity index (χ4v) is 3.65. The van der Waals surface area contributed by atoms with Gasteiger partial charge in [-0.2, -0.15) is 13.2 Å². The molecule has 1 aliphatic rings. The quantitative estimate of drug-likeness (QED) is 0.597. The molecular formula is C19H19BrF3NO. The molecule has 0 radical (unpaired) electrons. The number of nitrogens with two attached hydrogens (primary N) is 1. The number of anilines is 1. The first kappa shape index (κ1) is 18.1. The first-order valence-electron chi connectivity index (χ1n) is 8.22. The van der Waals surface area contributed by atoms with Crippen molar-refractivity contribution in [1.82, 2.24) is 0 Å². The minimum absolute atomic E-state index is 0.0136. The Hall–Kier alpha value is -1.69. The summed E-state index contributed by atoms with van der Waals surface area (Å²) in [6.07, 6.45) is -0.688. The highest BCUT2D eigenvalue weighted by molar-refractivity contribution is 9.10. The molecule has 0 atom stereocenters. The molecule has 0 bridgehead atoms. The Kier molecular flexibility index (Phi) is 5.27. The van der Waals surface area contributed by atoms with Gasteiger partial charge in [0.1, 0.15) is 12.4 Å². The first-order chi connectivity index (χ1) is 11.8. The summed E-state index contributed by atoms with van der Waals surface area (Å²) in [5, 5.41) is 0. The summed E-state index contributed by atoms with van der Waals surface area (Å²) >= 11 is 3.30. The van der Waals surface area contributed by atoms with Crippen molar-refractivity contribution in [3.05, 3.63) is 57.6 Å². The Morgan fingerprint density at radius 1 is 1.08 bits per heavy atom. The highest BCUT2D eigenvalue weighted by atomic mass is 79.9. The van der Waals surface area contributed by atoms with Gasteiger partial charge in [-0.25, -0.2) is 0 Å². The van der Waals surface area contributed by atoms with Crippen molar-refractivity contribution in [3.8, 4) is 5.75 Å². The van der Waals surface area contributed by atoms with E-state index in [-0.39, 0.29) is 12.5 Å². The highest BCUT2D eigenvalue weighted by Crippen LogP contribution is 2.42. The van der Waals surface area contributed by atoms with Crippen molar-refractivity contribution in [1.29, 1.82) is 0 Å². The summed E-state index contributed by atoms with van der Waals surface area (Å²) in [7, 11) is 0. The van der Waals surface area contributed by atoms with E-state index in [4.69, 9.17) is 10.5 Å². The second kappa shape index (κ2) is 7.28. The van der Waals surface area contributed by atoms with Crippen molar-refractivity contribution in [2.24, 2.45) is 0 Å². The maximum Gasteiger partial charge on any atom is 0.416 e. The van der Waals surface area contributed by atoms with Crippen LogP contribution in [0.1, 0.15) is 48.3 Å². The van der Waals surface area contributed by atoms with E-state index >= 15 is 0 Å². The van der Waals surface area contributed by atoms with Crippen LogP contribution in [-0.4, -0.2) is 0 Å². The van der Waals surface area contributed by atoms with Crippen LogP contribution in [0, 0.1) is 0 Å². The third-order valence-corrected chi connectivity index (χ3v) is 5.28. The molecule has 2 N–H and O–H groups in total. The fourth-order valence-electron chi connectivity index (χ4n) is 3.30. The van der Waals surface area contributed by atoms with Crippen LogP contribution in [0.5, 0.6) is 5.75 Å². The molecule has 0 heterocycles. The molecule has 1 fully saturated rings. The number of halogens is 4. The van der Waals surface area contributed by atoms with Crippen LogP contribution in [0.25, 0.3) is 0 Å². The van der Waals surface area contributed by atoms with Crippen LogP contribution in [0.3, 0.4) is 0 Å². The summed E-state index contributed by atoms with van der Waals surface area (Å²) in [6.45, 7) is 0.0738. The van der Waals surface area contributed by atoms with Gasteiger partial charge in [0.25, 0.3) is 0 Å². The van der Waals surface area contributed by atoms with E-state index in [0.29, 0.717) is 27.0 Å². The molecule has 134 valence electrons. The van der Waals surface area contributed by atoms with Gasteiger partial charge >= 0.3 is 6.18 Å². The summed E-state index contributed by atoms with van der Waals surface area (Å²) in [6, 6.07) is 9.65. The Morgan fingerprint density at radius 3 is 2.44 bits per heavy atom. The van der Waals surface area contributed by atoms with Crippen molar-refractivity contribution in [2.75, 3.05) is 5.73 Å². The molecule has 1 aliphatic carbocycles. The molecule has 0 aromatic heterocycles. The van der Waals surface area contributed by atoms with Gasteiger partial charge in [0.05, 0.1) is 5.56 Å². The van der Waals surface area contributed by atoms with Crippen molar-refractivity contribution < 1.29 is 17.9 Å². The monoisotopic (exact) mass is 413 g/mol. The molecule has 3 rings (SSSR count). The SMILES string of the molecule is Nc1ccc(OCc2ccc(C3CCCC3)c(C(F)(F)F)c2)cc1Br. The van der Waals surface area contributed by atoms with Crippen molar-refractivity contribution in [3.63, 3.8) is 0 Å². The molecule has 0 amide bonds. The number of rotatable bonds is 4. The predicted molar refractivity (Wildman–Crippen MR) is 95.5 cm³/mol. The summed E-state index contributed by atoms with van der Waals surface area (Å²) in [5.41, 5.74) is 6.68. The lowest BCUT2D eigenvalue weighted by Crippen LogP contribution is -2.12. The molecule has 0 saturated heterocycles. The van der Waals surface area contributed by atoms with E-state index in [1.807, 2.05) is 0 Å². The minimum atomic E-state index is -4.35. The molecule has 2 aromatic carbocycles. The zero-order chi connectivity index (χ0) is 18.0. The summed E-state index contributed by atoms with van der Waals surface area (Å²) in [5.74, 6) is 0.564. The van der Waals surface area contributed by atoms with E-state index in [1.165, 1.54) is 6.07 Å². The molecule has 0 aliphatic heterocycles.